The molecule has 2 atom stereocenters. The van der Waals surface area contributed by atoms with Crippen LogP contribution < -0.4 is 0 Å². The first-order valence-corrected chi connectivity index (χ1v) is 24.0. The maximum absolute atomic E-state index is 2.62. The number of rotatable bonds is 6. The van der Waals surface area contributed by atoms with Crippen LogP contribution in [0.5, 0.6) is 0 Å². The quantitative estimate of drug-likeness (QED) is 0.158. The summed E-state index contributed by atoms with van der Waals surface area (Å²) >= 11 is 0. The number of hydrogen-bond acceptors (Lipinski definition) is 0. The molecule has 2 nitrogen and oxygen atoms in total. The van der Waals surface area contributed by atoms with Crippen molar-refractivity contribution >= 4 is 55.1 Å². The Morgan fingerprint density at radius 1 is 0.397 bits per heavy atom. The second kappa shape index (κ2) is 15.0. The van der Waals surface area contributed by atoms with Crippen LogP contribution in [0.25, 0.3) is 88.8 Å². The molecule has 0 fully saturated rings. The summed E-state index contributed by atoms with van der Waals surface area (Å²) in [6.45, 7) is 2.50. The lowest BCUT2D eigenvalue weighted by atomic mass is 9.59. The van der Waals surface area contributed by atoms with Gasteiger partial charge in [-0.3, -0.25) is 0 Å². The number of aromatic nitrogens is 2. The largest absolute Gasteiger partial charge is 0.312 e. The molecule has 0 spiro atoms. The SMILES string of the molecule is CC1c2c(c3cc(-c4ccc5c(c4)c4ccccc4n5-c4ccc(-c5ccccc5)cc4)ccc3n2-c2cccc3ccccc23)C=C2c3ccccc3C(c3ccccc3)(c3ccccc3)C21. The van der Waals surface area contributed by atoms with Gasteiger partial charge in [0.2, 0.25) is 0 Å². The molecule has 10 aromatic carbocycles. The van der Waals surface area contributed by atoms with E-state index in [1.807, 2.05) is 0 Å². The van der Waals surface area contributed by atoms with Crippen molar-refractivity contribution in [2.24, 2.45) is 5.92 Å². The maximum atomic E-state index is 2.62. The van der Waals surface area contributed by atoms with E-state index in [4.69, 9.17) is 0 Å². The van der Waals surface area contributed by atoms with Crippen LogP contribution >= 0.6 is 0 Å². The van der Waals surface area contributed by atoms with Gasteiger partial charge in [-0.25, -0.2) is 0 Å². The Balaban J connectivity index is 0.993. The molecule has 0 saturated carbocycles. The van der Waals surface area contributed by atoms with Gasteiger partial charge in [0.15, 0.2) is 0 Å². The second-order valence-electron chi connectivity index (χ2n) is 18.8. The van der Waals surface area contributed by atoms with Crippen molar-refractivity contribution in [3.8, 4) is 33.6 Å². The average molecular weight is 867 g/mol. The molecule has 2 heteroatoms. The van der Waals surface area contributed by atoms with Gasteiger partial charge in [0.05, 0.1) is 27.7 Å². The predicted octanol–water partition coefficient (Wildman–Crippen LogP) is 16.8. The van der Waals surface area contributed by atoms with Crippen LogP contribution in [0.3, 0.4) is 0 Å². The highest BCUT2D eigenvalue weighted by molar-refractivity contribution is 6.11. The molecule has 12 aromatic rings. The van der Waals surface area contributed by atoms with E-state index in [1.165, 1.54) is 111 Å². The van der Waals surface area contributed by atoms with Crippen molar-refractivity contribution < 1.29 is 0 Å². The molecular formula is C66H46N2. The standard InChI is InChI=1S/C66H46N2/c1-43-64-57(53-27-13-15-29-59(53)66(64,49-22-7-3-8-23-49)50-24-9-4-10-25-50)42-58-56-41-48(35-39-63(56)68(65(43)58)60-31-17-21-46-20-11-12-26-52(46)60)47-34-38-62-55(40-47)54-28-14-16-30-61(54)67(62)51-36-32-45(33-37-51)44-18-5-2-6-19-44/h2-43,64H,1H3. The first-order chi connectivity index (χ1) is 33.7. The van der Waals surface area contributed by atoms with Gasteiger partial charge < -0.3 is 9.13 Å². The Labute approximate surface area is 396 Å². The molecule has 0 N–H and O–H groups in total. The molecular weight excluding hydrogens is 821 g/mol. The van der Waals surface area contributed by atoms with Crippen molar-refractivity contribution in [2.75, 3.05) is 0 Å². The number of fused-ring (bicyclic) bond motifs is 10. The van der Waals surface area contributed by atoms with E-state index in [-0.39, 0.29) is 11.8 Å². The molecule has 0 bridgehead atoms. The fourth-order valence-electron chi connectivity index (χ4n) is 12.7. The smallest absolute Gasteiger partial charge is 0.0541 e. The van der Waals surface area contributed by atoms with Crippen LogP contribution in [0.15, 0.2) is 243 Å². The van der Waals surface area contributed by atoms with Crippen molar-refractivity contribution in [1.29, 1.82) is 0 Å². The zero-order valence-corrected chi connectivity index (χ0v) is 37.7. The monoisotopic (exact) mass is 866 g/mol. The Morgan fingerprint density at radius 2 is 0.941 bits per heavy atom. The van der Waals surface area contributed by atoms with E-state index in [2.05, 4.69) is 265 Å². The van der Waals surface area contributed by atoms with Crippen LogP contribution in [-0.2, 0) is 5.41 Å². The molecule has 2 aliphatic rings. The summed E-state index contributed by atoms with van der Waals surface area (Å²) in [5, 5.41) is 6.28. The number of allylic oxidation sites excluding steroid dienone is 1. The average Bonchev–Trinajstić information content (AvgIpc) is 4.03. The summed E-state index contributed by atoms with van der Waals surface area (Å²) in [5.41, 5.74) is 20.0. The van der Waals surface area contributed by atoms with E-state index in [0.29, 0.717) is 0 Å². The van der Waals surface area contributed by atoms with Gasteiger partial charge in [-0.05, 0) is 110 Å². The van der Waals surface area contributed by atoms with E-state index in [0.717, 1.165) is 5.69 Å². The predicted molar refractivity (Wildman–Crippen MR) is 285 cm³/mol. The summed E-state index contributed by atoms with van der Waals surface area (Å²) in [7, 11) is 0. The molecule has 0 radical (unpaired) electrons. The lowest BCUT2D eigenvalue weighted by molar-refractivity contribution is 0.412. The lowest BCUT2D eigenvalue weighted by Gasteiger charge is -2.43. The van der Waals surface area contributed by atoms with Gasteiger partial charge >= 0.3 is 0 Å². The van der Waals surface area contributed by atoms with Crippen molar-refractivity contribution in [2.45, 2.75) is 18.3 Å². The minimum absolute atomic E-state index is 0.136. The van der Waals surface area contributed by atoms with Crippen molar-refractivity contribution in [1.82, 2.24) is 9.13 Å². The van der Waals surface area contributed by atoms with Gasteiger partial charge in [0, 0.05) is 50.3 Å². The molecule has 0 saturated heterocycles. The molecule has 68 heavy (non-hydrogen) atoms. The van der Waals surface area contributed by atoms with Gasteiger partial charge in [0.25, 0.3) is 0 Å². The molecule has 2 aromatic heterocycles. The Bertz CT molecular complexity index is 3920. The third-order valence-corrected chi connectivity index (χ3v) is 15.4. The van der Waals surface area contributed by atoms with Crippen LogP contribution in [0.2, 0.25) is 0 Å². The molecule has 0 amide bonds. The number of nitrogens with zero attached hydrogens (tertiary/aromatic N) is 2. The van der Waals surface area contributed by atoms with Gasteiger partial charge in [-0.2, -0.15) is 0 Å². The van der Waals surface area contributed by atoms with Crippen LogP contribution in [0, 0.1) is 5.92 Å². The number of para-hydroxylation sites is 1. The van der Waals surface area contributed by atoms with Crippen LogP contribution in [0.1, 0.15) is 46.4 Å². The fraction of sp³-hybridized carbons (Fsp3) is 0.0606. The lowest BCUT2D eigenvalue weighted by Crippen LogP contribution is -2.38. The number of benzene rings is 10. The third-order valence-electron chi connectivity index (χ3n) is 15.4. The van der Waals surface area contributed by atoms with Gasteiger partial charge in [-0.1, -0.05) is 201 Å². The Morgan fingerprint density at radius 3 is 1.68 bits per heavy atom. The van der Waals surface area contributed by atoms with Crippen LogP contribution in [0.4, 0.5) is 0 Å². The van der Waals surface area contributed by atoms with Gasteiger partial charge in [0.1, 0.15) is 0 Å². The molecule has 2 unspecified atom stereocenters. The zero-order chi connectivity index (χ0) is 44.9. The van der Waals surface area contributed by atoms with E-state index < -0.39 is 5.41 Å². The van der Waals surface area contributed by atoms with E-state index in [9.17, 15) is 0 Å². The van der Waals surface area contributed by atoms with E-state index >= 15 is 0 Å². The number of hydrogen-bond donors (Lipinski definition) is 0. The molecule has 320 valence electrons. The van der Waals surface area contributed by atoms with Crippen molar-refractivity contribution in [3.63, 3.8) is 0 Å². The molecule has 0 aliphatic heterocycles. The first kappa shape index (κ1) is 38.8. The third kappa shape index (κ3) is 5.52. The maximum Gasteiger partial charge on any atom is 0.0541 e. The molecule has 2 aliphatic carbocycles. The highest BCUT2D eigenvalue weighted by Gasteiger charge is 2.56. The molecule has 14 rings (SSSR count). The normalized spacial score (nSPS) is 15.9. The Hall–Kier alpha value is -8.46. The van der Waals surface area contributed by atoms with Crippen molar-refractivity contribution in [3.05, 3.63) is 276 Å². The van der Waals surface area contributed by atoms with Crippen LogP contribution in [-0.4, -0.2) is 9.13 Å². The first-order valence-electron chi connectivity index (χ1n) is 24.0. The zero-order valence-electron chi connectivity index (χ0n) is 37.7. The van der Waals surface area contributed by atoms with E-state index in [1.54, 1.807) is 0 Å². The van der Waals surface area contributed by atoms with Gasteiger partial charge in [-0.15, -0.1) is 0 Å². The Kier molecular flexibility index (Phi) is 8.57. The molecule has 2 heterocycles. The summed E-state index contributed by atoms with van der Waals surface area (Å²) < 4.78 is 5.04. The topological polar surface area (TPSA) is 9.86 Å². The fourth-order valence-corrected chi connectivity index (χ4v) is 12.7. The summed E-state index contributed by atoms with van der Waals surface area (Å²) in [6.07, 6.45) is 2.58. The summed E-state index contributed by atoms with van der Waals surface area (Å²) in [6, 6.07) is 90.3. The minimum Gasteiger partial charge on any atom is -0.312 e. The summed E-state index contributed by atoms with van der Waals surface area (Å²) in [5.74, 6) is 0.279. The second-order valence-corrected chi connectivity index (χ2v) is 18.8. The highest BCUT2D eigenvalue weighted by Crippen LogP contribution is 2.64. The minimum atomic E-state index is -0.397. The summed E-state index contributed by atoms with van der Waals surface area (Å²) in [4.78, 5) is 0. The highest BCUT2D eigenvalue weighted by atomic mass is 15.0.